The number of aromatic amines is 1. The van der Waals surface area contributed by atoms with E-state index in [0.717, 1.165) is 10.5 Å². The van der Waals surface area contributed by atoms with Crippen molar-refractivity contribution in [2.75, 3.05) is 17.7 Å². The summed E-state index contributed by atoms with van der Waals surface area (Å²) in [7, 11) is 1.39. The van der Waals surface area contributed by atoms with E-state index in [2.05, 4.69) is 4.98 Å². The van der Waals surface area contributed by atoms with E-state index in [0.29, 0.717) is 5.56 Å². The molecule has 8 heteroatoms. The van der Waals surface area contributed by atoms with Crippen molar-refractivity contribution in [1.82, 2.24) is 9.55 Å². The predicted molar refractivity (Wildman–Crippen MR) is 105 cm³/mol. The molecule has 1 heterocycles. The fourth-order valence-corrected chi connectivity index (χ4v) is 2.84. The standard InChI is InChI=1S/C20H17N5O3/c1-24(19(27)15-9-5-8-14(10-15)11-21)16-17(22)25(20(28)23-18(16)26)12-13-6-3-2-4-7-13/h2-10H,12,22H2,1H3,(H,23,26,28). The number of hydrogen-bond donors (Lipinski definition) is 2. The van der Waals surface area contributed by atoms with Gasteiger partial charge in [0.1, 0.15) is 5.82 Å². The van der Waals surface area contributed by atoms with Gasteiger partial charge in [0.2, 0.25) is 0 Å². The third-order valence-electron chi connectivity index (χ3n) is 4.28. The largest absolute Gasteiger partial charge is 0.383 e. The van der Waals surface area contributed by atoms with Crippen LogP contribution < -0.4 is 21.9 Å². The van der Waals surface area contributed by atoms with E-state index < -0.39 is 17.2 Å². The van der Waals surface area contributed by atoms with Gasteiger partial charge in [0, 0.05) is 12.6 Å². The van der Waals surface area contributed by atoms with Crippen molar-refractivity contribution >= 4 is 17.4 Å². The molecule has 0 bridgehead atoms. The summed E-state index contributed by atoms with van der Waals surface area (Å²) in [5.41, 5.74) is 5.89. The van der Waals surface area contributed by atoms with E-state index in [-0.39, 0.29) is 23.6 Å². The number of rotatable bonds is 4. The number of nitrogens with one attached hydrogen (secondary N) is 1. The number of nitrogens with zero attached hydrogens (tertiary/aromatic N) is 3. The molecule has 8 nitrogen and oxygen atoms in total. The van der Waals surface area contributed by atoms with E-state index in [4.69, 9.17) is 11.0 Å². The number of benzene rings is 2. The second-order valence-corrected chi connectivity index (χ2v) is 6.12. The van der Waals surface area contributed by atoms with Crippen LogP contribution in [0.5, 0.6) is 0 Å². The highest BCUT2D eigenvalue weighted by molar-refractivity contribution is 6.07. The van der Waals surface area contributed by atoms with Crippen molar-refractivity contribution < 1.29 is 4.79 Å². The Bertz CT molecular complexity index is 1190. The summed E-state index contributed by atoms with van der Waals surface area (Å²) in [5.74, 6) is -0.649. The fraction of sp³-hybridized carbons (Fsp3) is 0.100. The molecular formula is C20H17N5O3. The summed E-state index contributed by atoms with van der Waals surface area (Å²) in [4.78, 5) is 40.7. The summed E-state index contributed by atoms with van der Waals surface area (Å²) in [6, 6.07) is 17.2. The summed E-state index contributed by atoms with van der Waals surface area (Å²) in [6.45, 7) is 0.140. The molecule has 3 rings (SSSR count). The molecule has 0 aliphatic heterocycles. The molecule has 3 N–H and O–H groups in total. The quantitative estimate of drug-likeness (QED) is 0.711. The number of aromatic nitrogens is 2. The average molecular weight is 375 g/mol. The molecule has 0 fully saturated rings. The van der Waals surface area contributed by atoms with Crippen molar-refractivity contribution in [3.8, 4) is 6.07 Å². The minimum atomic E-state index is -0.765. The first-order valence-electron chi connectivity index (χ1n) is 8.37. The van der Waals surface area contributed by atoms with Crippen LogP contribution in [-0.4, -0.2) is 22.5 Å². The lowest BCUT2D eigenvalue weighted by molar-refractivity contribution is 0.0992. The van der Waals surface area contributed by atoms with Crippen LogP contribution in [0.25, 0.3) is 0 Å². The third-order valence-corrected chi connectivity index (χ3v) is 4.28. The normalized spacial score (nSPS) is 10.3. The van der Waals surface area contributed by atoms with Crippen LogP contribution in [-0.2, 0) is 6.54 Å². The van der Waals surface area contributed by atoms with Gasteiger partial charge in [0.05, 0.1) is 18.2 Å². The Labute approximate surface area is 160 Å². The summed E-state index contributed by atoms with van der Waals surface area (Å²) in [5, 5.41) is 9.01. The zero-order valence-corrected chi connectivity index (χ0v) is 15.0. The zero-order valence-electron chi connectivity index (χ0n) is 15.0. The Morgan fingerprint density at radius 3 is 2.57 bits per heavy atom. The fourth-order valence-electron chi connectivity index (χ4n) is 2.84. The van der Waals surface area contributed by atoms with Crippen LogP contribution in [0, 0.1) is 11.3 Å². The number of H-pyrrole nitrogens is 1. The number of nitrogen functional groups attached to an aromatic ring is 1. The Hall–Kier alpha value is -4.12. The second kappa shape index (κ2) is 7.63. The van der Waals surface area contributed by atoms with Gasteiger partial charge in [0.25, 0.3) is 11.5 Å². The van der Waals surface area contributed by atoms with Crippen molar-refractivity contribution in [2.45, 2.75) is 6.54 Å². The Balaban J connectivity index is 2.04. The smallest absolute Gasteiger partial charge is 0.330 e. The Morgan fingerprint density at radius 2 is 1.89 bits per heavy atom. The van der Waals surface area contributed by atoms with Gasteiger partial charge in [-0.05, 0) is 23.8 Å². The van der Waals surface area contributed by atoms with Gasteiger partial charge in [-0.3, -0.25) is 19.1 Å². The highest BCUT2D eigenvalue weighted by atomic mass is 16.2. The van der Waals surface area contributed by atoms with Crippen molar-refractivity contribution in [2.24, 2.45) is 0 Å². The van der Waals surface area contributed by atoms with E-state index in [1.165, 1.54) is 23.7 Å². The number of carbonyl (C=O) groups is 1. The average Bonchev–Trinajstić information content (AvgIpc) is 2.71. The minimum Gasteiger partial charge on any atom is -0.383 e. The molecule has 1 aromatic heterocycles. The molecule has 0 spiro atoms. The second-order valence-electron chi connectivity index (χ2n) is 6.12. The number of anilines is 2. The summed E-state index contributed by atoms with van der Waals surface area (Å²) >= 11 is 0. The van der Waals surface area contributed by atoms with E-state index >= 15 is 0 Å². The highest BCUT2D eigenvalue weighted by Gasteiger charge is 2.22. The van der Waals surface area contributed by atoms with Gasteiger partial charge in [-0.1, -0.05) is 36.4 Å². The molecule has 0 atom stereocenters. The maximum atomic E-state index is 12.8. The highest BCUT2D eigenvalue weighted by Crippen LogP contribution is 2.19. The third kappa shape index (κ3) is 3.54. The van der Waals surface area contributed by atoms with Gasteiger partial charge in [-0.25, -0.2) is 4.79 Å². The molecule has 0 saturated heterocycles. The lowest BCUT2D eigenvalue weighted by atomic mass is 10.1. The van der Waals surface area contributed by atoms with E-state index in [1.54, 1.807) is 12.1 Å². The van der Waals surface area contributed by atoms with Crippen molar-refractivity contribution in [3.63, 3.8) is 0 Å². The van der Waals surface area contributed by atoms with Crippen molar-refractivity contribution in [3.05, 3.63) is 92.1 Å². The number of carbonyl (C=O) groups excluding carboxylic acids is 1. The molecule has 28 heavy (non-hydrogen) atoms. The van der Waals surface area contributed by atoms with Crippen molar-refractivity contribution in [1.29, 1.82) is 5.26 Å². The number of amides is 1. The molecule has 0 unspecified atom stereocenters. The first kappa shape index (κ1) is 18.7. The molecule has 0 radical (unpaired) electrons. The molecular weight excluding hydrogens is 358 g/mol. The topological polar surface area (TPSA) is 125 Å². The first-order chi connectivity index (χ1) is 13.4. The van der Waals surface area contributed by atoms with Crippen LogP contribution in [0.4, 0.5) is 11.5 Å². The van der Waals surface area contributed by atoms with Crippen LogP contribution in [0.2, 0.25) is 0 Å². The van der Waals surface area contributed by atoms with Crippen LogP contribution in [0.3, 0.4) is 0 Å². The van der Waals surface area contributed by atoms with Crippen LogP contribution in [0.15, 0.2) is 64.2 Å². The van der Waals surface area contributed by atoms with E-state index in [9.17, 15) is 14.4 Å². The summed E-state index contributed by atoms with van der Waals surface area (Å²) < 4.78 is 1.20. The SMILES string of the molecule is CN(C(=O)c1cccc(C#N)c1)c1c(N)n(Cc2ccccc2)c(=O)[nH]c1=O. The molecule has 140 valence electrons. The van der Waals surface area contributed by atoms with E-state index in [1.807, 2.05) is 36.4 Å². The first-order valence-corrected chi connectivity index (χ1v) is 8.37. The molecule has 0 saturated carbocycles. The number of hydrogen-bond acceptors (Lipinski definition) is 5. The Kier molecular flexibility index (Phi) is 5.09. The van der Waals surface area contributed by atoms with Gasteiger partial charge < -0.3 is 10.6 Å². The predicted octanol–water partition coefficient (Wildman–Crippen LogP) is 1.32. The van der Waals surface area contributed by atoms with Gasteiger partial charge >= 0.3 is 5.69 Å². The van der Waals surface area contributed by atoms with Gasteiger partial charge in [-0.15, -0.1) is 0 Å². The lowest BCUT2D eigenvalue weighted by Gasteiger charge is -2.20. The lowest BCUT2D eigenvalue weighted by Crippen LogP contribution is -2.39. The zero-order chi connectivity index (χ0) is 20.3. The monoisotopic (exact) mass is 375 g/mol. The molecule has 2 aromatic carbocycles. The maximum Gasteiger partial charge on any atom is 0.330 e. The number of nitriles is 1. The maximum absolute atomic E-state index is 12.8. The summed E-state index contributed by atoms with van der Waals surface area (Å²) in [6.07, 6.45) is 0. The molecule has 0 aliphatic carbocycles. The molecule has 3 aromatic rings. The minimum absolute atomic E-state index is 0.120. The van der Waals surface area contributed by atoms with Gasteiger partial charge in [-0.2, -0.15) is 5.26 Å². The van der Waals surface area contributed by atoms with Gasteiger partial charge in [0.15, 0.2) is 5.69 Å². The Morgan fingerprint density at radius 1 is 1.18 bits per heavy atom. The van der Waals surface area contributed by atoms with Crippen LogP contribution in [0.1, 0.15) is 21.5 Å². The molecule has 1 amide bonds. The number of nitrogens with two attached hydrogens (primary N) is 1. The van der Waals surface area contributed by atoms with Crippen LogP contribution >= 0.6 is 0 Å². The molecule has 0 aliphatic rings.